The molecule has 0 aliphatic heterocycles. The fourth-order valence-electron chi connectivity index (χ4n) is 3.24. The van der Waals surface area contributed by atoms with Crippen LogP contribution in [0.5, 0.6) is 0 Å². The van der Waals surface area contributed by atoms with Crippen molar-refractivity contribution in [1.29, 1.82) is 0 Å². The van der Waals surface area contributed by atoms with Gasteiger partial charge in [0.05, 0.1) is 0 Å². The molecule has 4 rings (SSSR count). The summed E-state index contributed by atoms with van der Waals surface area (Å²) in [7, 11) is 0. The zero-order chi connectivity index (χ0) is 17.6. The Balaban J connectivity index is 1.36. The first kappa shape index (κ1) is 16.3. The molecule has 130 valence electrons. The molecule has 0 aliphatic rings. The Bertz CT molecular complexity index is 859. The lowest BCUT2D eigenvalue weighted by atomic mass is 10.2. The summed E-state index contributed by atoms with van der Waals surface area (Å²) in [5.74, 6) is 2.08. The van der Waals surface area contributed by atoms with Crippen LogP contribution in [0.15, 0.2) is 85.5 Å². The third kappa shape index (κ3) is 3.59. The molecule has 0 unspecified atom stereocenters. The third-order valence-electron chi connectivity index (χ3n) is 4.54. The van der Waals surface area contributed by atoms with Crippen LogP contribution in [0.2, 0.25) is 0 Å². The molecule has 0 spiro atoms. The molecule has 4 heteroatoms. The Labute approximate surface area is 153 Å². The largest absolute Gasteiger partial charge is 0.331 e. The van der Waals surface area contributed by atoms with E-state index < -0.39 is 0 Å². The second-order valence-electron chi connectivity index (χ2n) is 6.33. The topological polar surface area (TPSA) is 35.6 Å². The maximum absolute atomic E-state index is 4.52. The van der Waals surface area contributed by atoms with Gasteiger partial charge < -0.3 is 9.13 Å². The highest BCUT2D eigenvalue weighted by molar-refractivity contribution is 5.55. The zero-order valence-electron chi connectivity index (χ0n) is 14.7. The van der Waals surface area contributed by atoms with Gasteiger partial charge in [-0.1, -0.05) is 60.7 Å². The van der Waals surface area contributed by atoms with Gasteiger partial charge in [-0.15, -0.1) is 0 Å². The number of aromatic nitrogens is 4. The Morgan fingerprint density at radius 2 is 1.00 bits per heavy atom. The number of nitrogens with zero attached hydrogens (tertiary/aromatic N) is 4. The van der Waals surface area contributed by atoms with Gasteiger partial charge >= 0.3 is 0 Å². The highest BCUT2D eigenvalue weighted by Crippen LogP contribution is 2.19. The van der Waals surface area contributed by atoms with E-state index in [0.29, 0.717) is 0 Å². The predicted octanol–water partition coefficient (Wildman–Crippen LogP) is 4.89. The normalized spacial score (nSPS) is 10.9. The highest BCUT2D eigenvalue weighted by Gasteiger charge is 2.07. The predicted molar refractivity (Wildman–Crippen MR) is 105 cm³/mol. The van der Waals surface area contributed by atoms with Crippen molar-refractivity contribution in [2.75, 3.05) is 0 Å². The first-order chi connectivity index (χ1) is 12.9. The van der Waals surface area contributed by atoms with Crippen molar-refractivity contribution in [3.63, 3.8) is 0 Å². The summed E-state index contributed by atoms with van der Waals surface area (Å²) >= 11 is 0. The van der Waals surface area contributed by atoms with Crippen LogP contribution in [0.4, 0.5) is 0 Å². The van der Waals surface area contributed by atoms with Gasteiger partial charge in [0.1, 0.15) is 11.6 Å². The van der Waals surface area contributed by atoms with Gasteiger partial charge in [0, 0.05) is 49.0 Å². The van der Waals surface area contributed by atoms with Crippen molar-refractivity contribution < 1.29 is 0 Å². The van der Waals surface area contributed by atoms with Gasteiger partial charge in [-0.05, 0) is 12.8 Å². The molecule has 0 radical (unpaired) electrons. The molecule has 2 aromatic heterocycles. The van der Waals surface area contributed by atoms with E-state index in [1.807, 2.05) is 24.5 Å². The van der Waals surface area contributed by atoms with Gasteiger partial charge in [0.25, 0.3) is 0 Å². The highest BCUT2D eigenvalue weighted by atomic mass is 15.1. The summed E-state index contributed by atoms with van der Waals surface area (Å²) < 4.78 is 4.47. The molecule has 0 bridgehead atoms. The first-order valence-corrected chi connectivity index (χ1v) is 9.05. The summed E-state index contributed by atoms with van der Waals surface area (Å²) in [5, 5.41) is 0. The van der Waals surface area contributed by atoms with E-state index in [9.17, 15) is 0 Å². The average Bonchev–Trinajstić information content (AvgIpc) is 3.36. The number of imidazole rings is 2. The van der Waals surface area contributed by atoms with Crippen molar-refractivity contribution in [3.8, 4) is 22.8 Å². The molecule has 2 heterocycles. The van der Waals surface area contributed by atoms with Crippen LogP contribution in [0, 0.1) is 0 Å². The van der Waals surface area contributed by atoms with Crippen LogP contribution in [-0.4, -0.2) is 19.1 Å². The summed E-state index contributed by atoms with van der Waals surface area (Å²) in [6, 6.07) is 20.7. The maximum Gasteiger partial charge on any atom is 0.139 e. The lowest BCUT2D eigenvalue weighted by Gasteiger charge is -2.10. The van der Waals surface area contributed by atoms with Crippen molar-refractivity contribution in [1.82, 2.24) is 19.1 Å². The monoisotopic (exact) mass is 342 g/mol. The average molecular weight is 342 g/mol. The molecule has 0 fully saturated rings. The van der Waals surface area contributed by atoms with Crippen LogP contribution in [0.1, 0.15) is 12.8 Å². The number of hydrogen-bond donors (Lipinski definition) is 0. The SMILES string of the molecule is c1ccc(-c2nccn2CCCCn2ccnc2-c2ccccc2)cc1. The van der Waals surface area contributed by atoms with Gasteiger partial charge in [0.15, 0.2) is 0 Å². The molecule has 0 saturated heterocycles. The molecule has 0 aliphatic carbocycles. The molecule has 4 nitrogen and oxygen atoms in total. The van der Waals surface area contributed by atoms with Crippen LogP contribution < -0.4 is 0 Å². The minimum absolute atomic E-state index is 0.972. The molecule has 2 aromatic carbocycles. The third-order valence-corrected chi connectivity index (χ3v) is 4.54. The van der Waals surface area contributed by atoms with Gasteiger partial charge in [-0.2, -0.15) is 0 Å². The van der Waals surface area contributed by atoms with Crippen molar-refractivity contribution >= 4 is 0 Å². The van der Waals surface area contributed by atoms with Crippen molar-refractivity contribution in [2.24, 2.45) is 0 Å². The molecule has 26 heavy (non-hydrogen) atoms. The molecular weight excluding hydrogens is 320 g/mol. The van der Waals surface area contributed by atoms with E-state index in [1.54, 1.807) is 0 Å². The van der Waals surface area contributed by atoms with Crippen molar-refractivity contribution in [3.05, 3.63) is 85.5 Å². The number of hydrogen-bond acceptors (Lipinski definition) is 2. The summed E-state index contributed by atoms with van der Waals surface area (Å²) in [5.41, 5.74) is 2.33. The van der Waals surface area contributed by atoms with E-state index in [2.05, 4.69) is 80.0 Å². The van der Waals surface area contributed by atoms with E-state index >= 15 is 0 Å². The Kier molecular flexibility index (Phi) is 4.92. The van der Waals surface area contributed by atoms with Crippen LogP contribution in [-0.2, 0) is 13.1 Å². The standard InChI is InChI=1S/C22H22N4/c1-3-9-19(10-4-1)21-23-13-17-25(21)15-7-8-16-26-18-14-24-22(26)20-11-5-2-6-12-20/h1-6,9-14,17-18H,7-8,15-16H2. The Hall–Kier alpha value is -3.14. The zero-order valence-corrected chi connectivity index (χ0v) is 14.7. The number of rotatable bonds is 7. The van der Waals surface area contributed by atoms with Crippen LogP contribution >= 0.6 is 0 Å². The lowest BCUT2D eigenvalue weighted by molar-refractivity contribution is 0.558. The minimum atomic E-state index is 0.972. The van der Waals surface area contributed by atoms with E-state index in [-0.39, 0.29) is 0 Å². The minimum Gasteiger partial charge on any atom is -0.331 e. The Morgan fingerprint density at radius 1 is 0.577 bits per heavy atom. The van der Waals surface area contributed by atoms with Gasteiger partial charge in [-0.25, -0.2) is 9.97 Å². The van der Waals surface area contributed by atoms with E-state index in [4.69, 9.17) is 0 Å². The Morgan fingerprint density at radius 3 is 1.42 bits per heavy atom. The lowest BCUT2D eigenvalue weighted by Crippen LogP contribution is -2.03. The van der Waals surface area contributed by atoms with Crippen molar-refractivity contribution in [2.45, 2.75) is 25.9 Å². The fraction of sp³-hybridized carbons (Fsp3) is 0.182. The second-order valence-corrected chi connectivity index (χ2v) is 6.33. The van der Waals surface area contributed by atoms with Crippen LogP contribution in [0.25, 0.3) is 22.8 Å². The summed E-state index contributed by atoms with van der Waals surface area (Å²) in [6.45, 7) is 1.94. The molecule has 4 aromatic rings. The number of aryl methyl sites for hydroxylation is 2. The fourth-order valence-corrected chi connectivity index (χ4v) is 3.24. The number of benzene rings is 2. The smallest absolute Gasteiger partial charge is 0.139 e. The second kappa shape index (κ2) is 7.83. The molecule has 0 amide bonds. The van der Waals surface area contributed by atoms with E-state index in [0.717, 1.165) is 37.6 Å². The molecule has 0 N–H and O–H groups in total. The quantitative estimate of drug-likeness (QED) is 0.448. The van der Waals surface area contributed by atoms with Gasteiger partial charge in [-0.3, -0.25) is 0 Å². The summed E-state index contributed by atoms with van der Waals surface area (Å²) in [4.78, 5) is 9.03. The van der Waals surface area contributed by atoms with Crippen LogP contribution in [0.3, 0.4) is 0 Å². The molecular formula is C22H22N4. The van der Waals surface area contributed by atoms with Gasteiger partial charge in [0.2, 0.25) is 0 Å². The van der Waals surface area contributed by atoms with E-state index in [1.165, 1.54) is 11.1 Å². The maximum atomic E-state index is 4.52. The number of unbranched alkanes of at least 4 members (excludes halogenated alkanes) is 1. The molecule has 0 atom stereocenters. The summed E-state index contributed by atoms with van der Waals surface area (Å²) in [6.07, 6.45) is 10.1. The first-order valence-electron chi connectivity index (χ1n) is 9.05. The molecule has 0 saturated carbocycles.